The van der Waals surface area contributed by atoms with Crippen LogP contribution in [0.3, 0.4) is 0 Å². The fourth-order valence-corrected chi connectivity index (χ4v) is 1.67. The third-order valence-corrected chi connectivity index (χ3v) is 2.53. The molecule has 0 bridgehead atoms. The zero-order valence-corrected chi connectivity index (χ0v) is 9.77. The smallest absolute Gasteiger partial charge is 0.278 e. The number of H-pyrrole nitrogens is 1. The van der Waals surface area contributed by atoms with Crippen LogP contribution < -0.4 is 0 Å². The summed E-state index contributed by atoms with van der Waals surface area (Å²) in [6.07, 6.45) is 5.16. The van der Waals surface area contributed by atoms with Gasteiger partial charge < -0.3 is 0 Å². The molecule has 0 aliphatic rings. The molecule has 0 fully saturated rings. The molecule has 82 valence electrons. The number of aromatic nitrogens is 2. The number of rotatable bonds is 3. The molecular weight excluding hydrogens is 274 g/mol. The van der Waals surface area contributed by atoms with Crippen LogP contribution in [-0.4, -0.2) is 20.5 Å². The van der Waals surface area contributed by atoms with Crippen molar-refractivity contribution < 1.29 is 4.92 Å². The Morgan fingerprint density at radius 3 is 3.06 bits per heavy atom. The molecule has 0 saturated carbocycles. The number of nitrogens with zero attached hydrogens (tertiary/aromatic N) is 2. The minimum Gasteiger partial charge on any atom is -0.278 e. The zero-order chi connectivity index (χ0) is 11.5. The third-order valence-electron chi connectivity index (χ3n) is 2.16. The Hall–Kier alpha value is -1.69. The number of alkyl halides is 1. The highest BCUT2D eigenvalue weighted by molar-refractivity contribution is 9.09. The number of allylic oxidation sites excluding steroid dienone is 1. The van der Waals surface area contributed by atoms with Gasteiger partial charge in [0.1, 0.15) is 0 Å². The quantitative estimate of drug-likeness (QED) is 0.534. The molecule has 5 nitrogen and oxygen atoms in total. The summed E-state index contributed by atoms with van der Waals surface area (Å²) in [5, 5.41) is 18.6. The largest absolute Gasteiger partial charge is 0.280 e. The van der Waals surface area contributed by atoms with Gasteiger partial charge >= 0.3 is 0 Å². The van der Waals surface area contributed by atoms with Gasteiger partial charge in [0.25, 0.3) is 5.69 Å². The van der Waals surface area contributed by atoms with Crippen molar-refractivity contribution in [1.82, 2.24) is 10.2 Å². The van der Waals surface area contributed by atoms with Gasteiger partial charge in [0.2, 0.25) is 0 Å². The predicted molar refractivity (Wildman–Crippen MR) is 65.6 cm³/mol. The normalized spacial score (nSPS) is 11.3. The van der Waals surface area contributed by atoms with Gasteiger partial charge in [-0.2, -0.15) is 5.10 Å². The van der Waals surface area contributed by atoms with Crippen LogP contribution in [0.25, 0.3) is 17.0 Å². The predicted octanol–water partition coefficient (Wildman–Crippen LogP) is 2.88. The first-order valence-corrected chi connectivity index (χ1v) is 5.68. The summed E-state index contributed by atoms with van der Waals surface area (Å²) < 4.78 is 0. The van der Waals surface area contributed by atoms with E-state index < -0.39 is 4.92 Å². The van der Waals surface area contributed by atoms with Gasteiger partial charge in [-0.25, -0.2) is 0 Å². The summed E-state index contributed by atoms with van der Waals surface area (Å²) in [6.45, 7) is 0. The Bertz CT molecular complexity index is 562. The summed E-state index contributed by atoms with van der Waals surface area (Å²) in [6, 6.07) is 3.37. The maximum Gasteiger partial charge on any atom is 0.280 e. The van der Waals surface area contributed by atoms with E-state index in [1.807, 2.05) is 18.2 Å². The Labute approximate surface area is 99.4 Å². The Kier molecular flexibility index (Phi) is 3.00. The first-order valence-electron chi connectivity index (χ1n) is 4.56. The highest BCUT2D eigenvalue weighted by Gasteiger charge is 2.13. The van der Waals surface area contributed by atoms with Crippen LogP contribution in [0, 0.1) is 10.1 Å². The minimum absolute atomic E-state index is 0.0699. The molecule has 0 atom stereocenters. The number of nitro benzene ring substituents is 1. The molecule has 0 radical (unpaired) electrons. The summed E-state index contributed by atoms with van der Waals surface area (Å²) >= 11 is 3.26. The first kappa shape index (κ1) is 10.8. The van der Waals surface area contributed by atoms with Crippen molar-refractivity contribution >= 4 is 38.6 Å². The van der Waals surface area contributed by atoms with Crippen LogP contribution in [-0.2, 0) is 0 Å². The summed E-state index contributed by atoms with van der Waals surface area (Å²) in [5.41, 5.74) is 1.52. The Morgan fingerprint density at radius 1 is 1.56 bits per heavy atom. The molecule has 1 heterocycles. The molecule has 6 heteroatoms. The van der Waals surface area contributed by atoms with Crippen molar-refractivity contribution in [2.24, 2.45) is 0 Å². The topological polar surface area (TPSA) is 71.8 Å². The number of non-ortho nitro benzene ring substituents is 1. The molecule has 0 amide bonds. The number of hydrogen-bond acceptors (Lipinski definition) is 3. The van der Waals surface area contributed by atoms with Crippen molar-refractivity contribution in [2.75, 3.05) is 5.33 Å². The second-order valence-corrected chi connectivity index (χ2v) is 3.83. The molecule has 16 heavy (non-hydrogen) atoms. The van der Waals surface area contributed by atoms with E-state index in [-0.39, 0.29) is 5.69 Å². The van der Waals surface area contributed by atoms with E-state index in [9.17, 15) is 10.1 Å². The van der Waals surface area contributed by atoms with E-state index in [1.54, 1.807) is 0 Å². The Balaban J connectivity index is 2.61. The standard InChI is InChI=1S/C10H8BrN3O2/c11-3-1-2-7-4-9-8(6-12-13-9)10(5-7)14(15)16/h1-2,4-6H,3H2,(H,12,13). The molecule has 0 spiro atoms. The highest BCUT2D eigenvalue weighted by Crippen LogP contribution is 2.26. The molecule has 2 aromatic rings. The zero-order valence-electron chi connectivity index (χ0n) is 8.18. The summed E-state index contributed by atoms with van der Waals surface area (Å²) in [7, 11) is 0. The molecule has 0 aliphatic heterocycles. The summed E-state index contributed by atoms with van der Waals surface area (Å²) in [4.78, 5) is 10.5. The number of benzene rings is 1. The van der Waals surface area contributed by atoms with Gasteiger partial charge in [-0.05, 0) is 11.6 Å². The van der Waals surface area contributed by atoms with E-state index >= 15 is 0 Å². The SMILES string of the molecule is O=[N+]([O-])c1cc(C=CCBr)cc2[nH]ncc12. The number of nitro groups is 1. The van der Waals surface area contributed by atoms with Crippen LogP contribution in [0.5, 0.6) is 0 Å². The maximum absolute atomic E-state index is 10.9. The maximum atomic E-state index is 10.9. The lowest BCUT2D eigenvalue weighted by atomic mass is 10.1. The molecule has 1 N–H and O–H groups in total. The van der Waals surface area contributed by atoms with Crippen molar-refractivity contribution in [3.8, 4) is 0 Å². The molecule has 0 unspecified atom stereocenters. The van der Waals surface area contributed by atoms with Crippen molar-refractivity contribution in [2.45, 2.75) is 0 Å². The van der Waals surface area contributed by atoms with Crippen LogP contribution in [0.1, 0.15) is 5.56 Å². The monoisotopic (exact) mass is 281 g/mol. The lowest BCUT2D eigenvalue weighted by Crippen LogP contribution is -1.89. The van der Waals surface area contributed by atoms with Crippen LogP contribution >= 0.6 is 15.9 Å². The van der Waals surface area contributed by atoms with Gasteiger partial charge in [-0.3, -0.25) is 15.2 Å². The van der Waals surface area contributed by atoms with Gasteiger partial charge in [0.15, 0.2) is 0 Å². The lowest BCUT2D eigenvalue weighted by molar-refractivity contribution is -0.383. The highest BCUT2D eigenvalue weighted by atomic mass is 79.9. The first-order chi connectivity index (χ1) is 7.72. The Morgan fingerprint density at radius 2 is 2.38 bits per heavy atom. The van der Waals surface area contributed by atoms with Crippen molar-refractivity contribution in [3.63, 3.8) is 0 Å². The third kappa shape index (κ3) is 1.96. The number of nitrogens with one attached hydrogen (secondary N) is 1. The average molecular weight is 282 g/mol. The number of hydrogen-bond donors (Lipinski definition) is 1. The fraction of sp³-hybridized carbons (Fsp3) is 0.100. The molecule has 0 saturated heterocycles. The molecular formula is C10H8BrN3O2. The second kappa shape index (κ2) is 4.44. The average Bonchev–Trinajstić information content (AvgIpc) is 2.72. The van der Waals surface area contributed by atoms with Gasteiger partial charge in [0.05, 0.1) is 22.0 Å². The van der Waals surface area contributed by atoms with Crippen molar-refractivity contribution in [1.29, 1.82) is 0 Å². The number of aromatic amines is 1. The van der Waals surface area contributed by atoms with E-state index in [2.05, 4.69) is 26.1 Å². The van der Waals surface area contributed by atoms with E-state index in [0.717, 1.165) is 5.56 Å². The lowest BCUT2D eigenvalue weighted by Gasteiger charge is -1.96. The van der Waals surface area contributed by atoms with E-state index in [0.29, 0.717) is 16.2 Å². The molecule has 1 aromatic carbocycles. The van der Waals surface area contributed by atoms with Crippen molar-refractivity contribution in [3.05, 3.63) is 40.1 Å². The van der Waals surface area contributed by atoms with Gasteiger partial charge in [-0.1, -0.05) is 28.1 Å². The van der Waals surface area contributed by atoms with Crippen LogP contribution in [0.15, 0.2) is 24.4 Å². The molecule has 2 rings (SSSR count). The van der Waals surface area contributed by atoms with Crippen LogP contribution in [0.2, 0.25) is 0 Å². The van der Waals surface area contributed by atoms with Gasteiger partial charge in [0, 0.05) is 11.4 Å². The number of halogens is 1. The summed E-state index contributed by atoms with van der Waals surface area (Å²) in [5.74, 6) is 0. The number of fused-ring (bicyclic) bond motifs is 1. The second-order valence-electron chi connectivity index (χ2n) is 3.19. The molecule has 0 aliphatic carbocycles. The van der Waals surface area contributed by atoms with Gasteiger partial charge in [-0.15, -0.1) is 0 Å². The molecule has 1 aromatic heterocycles. The van der Waals surface area contributed by atoms with Crippen LogP contribution in [0.4, 0.5) is 5.69 Å². The van der Waals surface area contributed by atoms with E-state index in [4.69, 9.17) is 0 Å². The van der Waals surface area contributed by atoms with E-state index in [1.165, 1.54) is 12.3 Å². The fourth-order valence-electron chi connectivity index (χ4n) is 1.48. The minimum atomic E-state index is -0.399.